The van der Waals surface area contributed by atoms with Crippen LogP contribution in [0.4, 0.5) is 0 Å². The van der Waals surface area contributed by atoms with Crippen molar-refractivity contribution >= 4 is 0 Å². The summed E-state index contributed by atoms with van der Waals surface area (Å²) in [7, 11) is 0. The second-order valence-corrected chi connectivity index (χ2v) is 4.28. The minimum atomic E-state index is 0.574. The number of rotatable bonds is 4. The molecule has 1 heteroatoms. The normalized spacial score (nSPS) is 21.4. The molecule has 1 aliphatic carbocycles. The van der Waals surface area contributed by atoms with Gasteiger partial charge in [-0.15, -0.1) is 0 Å². The van der Waals surface area contributed by atoms with E-state index in [1.165, 1.54) is 37.7 Å². The molecule has 1 nitrogen and oxygen atoms in total. The maximum atomic E-state index is 4.09. The maximum absolute atomic E-state index is 4.09. The van der Waals surface area contributed by atoms with Gasteiger partial charge in [-0.3, -0.25) is 0 Å². The minimum absolute atomic E-state index is 0.574. The van der Waals surface area contributed by atoms with Gasteiger partial charge in [-0.1, -0.05) is 38.3 Å². The molecule has 1 atom stereocenters. The van der Waals surface area contributed by atoms with E-state index < -0.39 is 0 Å². The Kier molecular flexibility index (Phi) is 4.51. The predicted octanol–water partition coefficient (Wildman–Crippen LogP) is 3.12. The summed E-state index contributed by atoms with van der Waals surface area (Å²) in [5, 5.41) is 3.55. The topological polar surface area (TPSA) is 12.0 Å². The lowest BCUT2D eigenvalue weighted by molar-refractivity contribution is 0.295. The summed E-state index contributed by atoms with van der Waals surface area (Å²) in [4.78, 5) is 0. The molecule has 1 unspecified atom stereocenters. The summed E-state index contributed by atoms with van der Waals surface area (Å²) in [5.74, 6) is 0.853. The number of hydrogen-bond acceptors (Lipinski definition) is 1. The predicted molar refractivity (Wildman–Crippen MR) is 58.9 cm³/mol. The largest absolute Gasteiger partial charge is 0.310 e. The van der Waals surface area contributed by atoms with Crippen molar-refractivity contribution < 1.29 is 0 Å². The fraction of sp³-hybridized carbons (Fsp3) is 0.833. The van der Waals surface area contributed by atoms with Crippen molar-refractivity contribution in [1.29, 1.82) is 0 Å². The molecule has 1 saturated carbocycles. The molecule has 0 heterocycles. The van der Waals surface area contributed by atoms with Gasteiger partial charge in [-0.2, -0.15) is 0 Å². The standard InChI is InChI=1S/C12H23N/c1-4-13-12(10(2)3)11-8-6-5-7-9-11/h11-13H,2,4-9H2,1,3H3. The molecule has 0 aliphatic heterocycles. The first kappa shape index (κ1) is 10.8. The van der Waals surface area contributed by atoms with Crippen LogP contribution in [0.15, 0.2) is 12.2 Å². The first-order valence-electron chi connectivity index (χ1n) is 5.64. The van der Waals surface area contributed by atoms with Crippen LogP contribution in [0.3, 0.4) is 0 Å². The Morgan fingerprint density at radius 3 is 2.46 bits per heavy atom. The van der Waals surface area contributed by atoms with E-state index in [0.717, 1.165) is 12.5 Å². The van der Waals surface area contributed by atoms with Crippen LogP contribution in [0.2, 0.25) is 0 Å². The summed E-state index contributed by atoms with van der Waals surface area (Å²) >= 11 is 0. The molecule has 1 fully saturated rings. The third-order valence-electron chi connectivity index (χ3n) is 3.08. The molecule has 0 aromatic carbocycles. The Bertz CT molecular complexity index is 157. The van der Waals surface area contributed by atoms with Gasteiger partial charge < -0.3 is 5.32 Å². The quantitative estimate of drug-likeness (QED) is 0.657. The SMILES string of the molecule is C=C(C)C(NCC)C1CCCCC1. The van der Waals surface area contributed by atoms with Crippen molar-refractivity contribution in [1.82, 2.24) is 5.32 Å². The van der Waals surface area contributed by atoms with Gasteiger partial charge in [-0.25, -0.2) is 0 Å². The van der Waals surface area contributed by atoms with Gasteiger partial charge in [0.05, 0.1) is 0 Å². The van der Waals surface area contributed by atoms with Crippen LogP contribution in [0.25, 0.3) is 0 Å². The summed E-state index contributed by atoms with van der Waals surface area (Å²) in [5.41, 5.74) is 1.31. The molecule has 1 N–H and O–H groups in total. The molecule has 1 aliphatic rings. The lowest BCUT2D eigenvalue weighted by atomic mass is 9.81. The van der Waals surface area contributed by atoms with E-state index in [9.17, 15) is 0 Å². The van der Waals surface area contributed by atoms with Gasteiger partial charge in [0.2, 0.25) is 0 Å². The van der Waals surface area contributed by atoms with Crippen LogP contribution in [-0.2, 0) is 0 Å². The number of hydrogen-bond donors (Lipinski definition) is 1. The fourth-order valence-corrected chi connectivity index (χ4v) is 2.43. The number of nitrogens with one attached hydrogen (secondary N) is 1. The molecule has 1 rings (SSSR count). The van der Waals surface area contributed by atoms with Crippen molar-refractivity contribution in [2.45, 2.75) is 52.0 Å². The highest BCUT2D eigenvalue weighted by Gasteiger charge is 2.22. The van der Waals surface area contributed by atoms with E-state index in [2.05, 4.69) is 25.7 Å². The summed E-state index contributed by atoms with van der Waals surface area (Å²) < 4.78 is 0. The molecule has 76 valence electrons. The monoisotopic (exact) mass is 181 g/mol. The Balaban J connectivity index is 2.46. The van der Waals surface area contributed by atoms with E-state index in [-0.39, 0.29) is 0 Å². The molecule has 0 aromatic rings. The van der Waals surface area contributed by atoms with E-state index in [1.807, 2.05) is 0 Å². The van der Waals surface area contributed by atoms with Crippen molar-refractivity contribution in [3.05, 3.63) is 12.2 Å². The third-order valence-corrected chi connectivity index (χ3v) is 3.08. The van der Waals surface area contributed by atoms with Gasteiger partial charge in [0.15, 0.2) is 0 Å². The van der Waals surface area contributed by atoms with Gasteiger partial charge in [0.1, 0.15) is 0 Å². The average molecular weight is 181 g/mol. The Labute approximate surface area is 82.6 Å². The van der Waals surface area contributed by atoms with Crippen molar-refractivity contribution in [2.75, 3.05) is 6.54 Å². The Morgan fingerprint density at radius 2 is 2.00 bits per heavy atom. The molecule has 13 heavy (non-hydrogen) atoms. The molecule has 0 radical (unpaired) electrons. The lowest BCUT2D eigenvalue weighted by Crippen LogP contribution is -2.37. The van der Waals surface area contributed by atoms with E-state index in [1.54, 1.807) is 0 Å². The molecule has 0 saturated heterocycles. The maximum Gasteiger partial charge on any atom is 0.0302 e. The van der Waals surface area contributed by atoms with Gasteiger partial charge >= 0.3 is 0 Å². The molecular formula is C12H23N. The van der Waals surface area contributed by atoms with Crippen LogP contribution in [0, 0.1) is 5.92 Å². The Morgan fingerprint density at radius 1 is 1.38 bits per heavy atom. The van der Waals surface area contributed by atoms with Crippen molar-refractivity contribution in [3.63, 3.8) is 0 Å². The average Bonchev–Trinajstić information content (AvgIpc) is 2.15. The second-order valence-electron chi connectivity index (χ2n) is 4.28. The highest BCUT2D eigenvalue weighted by Crippen LogP contribution is 2.28. The summed E-state index contributed by atoms with van der Waals surface area (Å²) in [6, 6.07) is 0.574. The first-order valence-corrected chi connectivity index (χ1v) is 5.64. The third kappa shape index (κ3) is 3.15. The van der Waals surface area contributed by atoms with Gasteiger partial charge in [-0.05, 0) is 32.2 Å². The van der Waals surface area contributed by atoms with Crippen LogP contribution in [0.5, 0.6) is 0 Å². The van der Waals surface area contributed by atoms with Crippen LogP contribution >= 0.6 is 0 Å². The smallest absolute Gasteiger partial charge is 0.0302 e. The highest BCUT2D eigenvalue weighted by molar-refractivity contribution is 5.04. The molecule has 0 amide bonds. The van der Waals surface area contributed by atoms with Crippen molar-refractivity contribution in [3.8, 4) is 0 Å². The highest BCUT2D eigenvalue weighted by atomic mass is 14.9. The Hall–Kier alpha value is -0.300. The first-order chi connectivity index (χ1) is 6.25. The zero-order valence-corrected chi connectivity index (χ0v) is 9.10. The molecule has 0 bridgehead atoms. The summed E-state index contributed by atoms with van der Waals surface area (Å²) in [6.45, 7) is 9.48. The van der Waals surface area contributed by atoms with Crippen molar-refractivity contribution in [2.24, 2.45) is 5.92 Å². The van der Waals surface area contributed by atoms with E-state index in [0.29, 0.717) is 6.04 Å². The van der Waals surface area contributed by atoms with Gasteiger partial charge in [0, 0.05) is 6.04 Å². The van der Waals surface area contributed by atoms with Crippen LogP contribution in [0.1, 0.15) is 46.0 Å². The van der Waals surface area contributed by atoms with E-state index in [4.69, 9.17) is 0 Å². The van der Waals surface area contributed by atoms with Gasteiger partial charge in [0.25, 0.3) is 0 Å². The number of likely N-dealkylation sites (N-methyl/N-ethyl adjacent to an activating group) is 1. The summed E-state index contributed by atoms with van der Waals surface area (Å²) in [6.07, 6.45) is 7.06. The molecular weight excluding hydrogens is 158 g/mol. The second kappa shape index (κ2) is 5.43. The minimum Gasteiger partial charge on any atom is -0.310 e. The lowest BCUT2D eigenvalue weighted by Gasteiger charge is -2.31. The fourth-order valence-electron chi connectivity index (χ4n) is 2.43. The van der Waals surface area contributed by atoms with E-state index >= 15 is 0 Å². The molecule has 0 aromatic heterocycles. The zero-order chi connectivity index (χ0) is 9.68. The van der Waals surface area contributed by atoms with Crippen LogP contribution < -0.4 is 5.32 Å². The van der Waals surface area contributed by atoms with Crippen LogP contribution in [-0.4, -0.2) is 12.6 Å². The molecule has 0 spiro atoms. The zero-order valence-electron chi connectivity index (χ0n) is 9.10.